The topological polar surface area (TPSA) is 85.2 Å². The summed E-state index contributed by atoms with van der Waals surface area (Å²) < 4.78 is 5.51. The maximum Gasteiger partial charge on any atom is 0.231 e. The van der Waals surface area contributed by atoms with Crippen LogP contribution in [0.5, 0.6) is 0 Å². The van der Waals surface area contributed by atoms with Gasteiger partial charge in [-0.3, -0.25) is 4.79 Å². The van der Waals surface area contributed by atoms with Crippen LogP contribution in [0.15, 0.2) is 28.8 Å². The van der Waals surface area contributed by atoms with E-state index < -0.39 is 0 Å². The van der Waals surface area contributed by atoms with Crippen molar-refractivity contribution < 1.29 is 9.32 Å². The first-order chi connectivity index (χ1) is 12.1. The Hall–Kier alpha value is -2.21. The SMILES string of the molecule is CCC(C)C(=O)N1CCCC(c2nc(-c3ccc(CN)cc3)no2)C1. The highest BCUT2D eigenvalue weighted by Crippen LogP contribution is 2.28. The van der Waals surface area contributed by atoms with Crippen molar-refractivity contribution in [2.45, 2.75) is 45.6 Å². The molecule has 1 aliphatic rings. The predicted molar refractivity (Wildman–Crippen MR) is 95.6 cm³/mol. The van der Waals surface area contributed by atoms with Crippen molar-refractivity contribution in [2.75, 3.05) is 13.1 Å². The van der Waals surface area contributed by atoms with Crippen molar-refractivity contribution in [1.82, 2.24) is 15.0 Å². The van der Waals surface area contributed by atoms with E-state index in [0.29, 0.717) is 24.8 Å². The number of carbonyl (C=O) groups excluding carboxylic acids is 1. The fraction of sp³-hybridized carbons (Fsp3) is 0.526. The van der Waals surface area contributed by atoms with Gasteiger partial charge in [-0.2, -0.15) is 4.98 Å². The Morgan fingerprint density at radius 2 is 2.16 bits per heavy atom. The molecule has 0 radical (unpaired) electrons. The molecule has 1 amide bonds. The molecule has 3 rings (SSSR count). The minimum Gasteiger partial charge on any atom is -0.342 e. The molecule has 1 aliphatic heterocycles. The highest BCUT2D eigenvalue weighted by Gasteiger charge is 2.30. The average Bonchev–Trinajstić information content (AvgIpc) is 3.17. The third kappa shape index (κ3) is 3.90. The van der Waals surface area contributed by atoms with Crippen LogP contribution in [-0.4, -0.2) is 34.0 Å². The number of rotatable bonds is 5. The van der Waals surface area contributed by atoms with Crippen molar-refractivity contribution in [1.29, 1.82) is 0 Å². The van der Waals surface area contributed by atoms with Gasteiger partial charge in [-0.25, -0.2) is 0 Å². The number of piperidine rings is 1. The van der Waals surface area contributed by atoms with Gasteiger partial charge >= 0.3 is 0 Å². The summed E-state index contributed by atoms with van der Waals surface area (Å²) in [4.78, 5) is 19.0. The number of nitrogens with two attached hydrogens (primary N) is 1. The van der Waals surface area contributed by atoms with E-state index in [1.165, 1.54) is 0 Å². The summed E-state index contributed by atoms with van der Waals surface area (Å²) in [5, 5.41) is 4.12. The Kier molecular flexibility index (Phi) is 5.48. The largest absolute Gasteiger partial charge is 0.342 e. The Labute approximate surface area is 148 Å². The Balaban J connectivity index is 1.71. The molecule has 2 heterocycles. The number of aromatic nitrogens is 2. The molecule has 1 saturated heterocycles. The van der Waals surface area contributed by atoms with Crippen LogP contribution in [0.1, 0.15) is 50.5 Å². The number of amides is 1. The van der Waals surface area contributed by atoms with Crippen molar-refractivity contribution in [3.63, 3.8) is 0 Å². The van der Waals surface area contributed by atoms with E-state index in [4.69, 9.17) is 10.3 Å². The summed E-state index contributed by atoms with van der Waals surface area (Å²) in [5.74, 6) is 1.62. The molecule has 0 bridgehead atoms. The molecule has 0 aliphatic carbocycles. The highest BCUT2D eigenvalue weighted by molar-refractivity contribution is 5.78. The van der Waals surface area contributed by atoms with E-state index in [-0.39, 0.29) is 17.7 Å². The van der Waals surface area contributed by atoms with Crippen molar-refractivity contribution in [2.24, 2.45) is 11.7 Å². The third-order valence-corrected chi connectivity index (χ3v) is 5.01. The lowest BCUT2D eigenvalue weighted by atomic mass is 9.96. The lowest BCUT2D eigenvalue weighted by molar-refractivity contribution is -0.136. The maximum absolute atomic E-state index is 12.4. The monoisotopic (exact) mass is 342 g/mol. The average molecular weight is 342 g/mol. The van der Waals surface area contributed by atoms with Crippen LogP contribution in [0.3, 0.4) is 0 Å². The first kappa shape index (κ1) is 17.6. The molecule has 1 aromatic heterocycles. The second kappa shape index (κ2) is 7.78. The molecule has 6 nitrogen and oxygen atoms in total. The van der Waals surface area contributed by atoms with Crippen molar-refractivity contribution in [3.8, 4) is 11.4 Å². The summed E-state index contributed by atoms with van der Waals surface area (Å²) in [6.45, 7) is 6.03. The van der Waals surface area contributed by atoms with E-state index in [9.17, 15) is 4.79 Å². The number of hydrogen-bond donors (Lipinski definition) is 1. The fourth-order valence-electron chi connectivity index (χ4n) is 3.17. The van der Waals surface area contributed by atoms with Crippen LogP contribution in [0, 0.1) is 5.92 Å². The van der Waals surface area contributed by atoms with E-state index in [2.05, 4.69) is 10.1 Å². The number of benzene rings is 1. The zero-order valence-corrected chi connectivity index (χ0v) is 14.9. The summed E-state index contributed by atoms with van der Waals surface area (Å²) in [7, 11) is 0. The summed E-state index contributed by atoms with van der Waals surface area (Å²) in [5.41, 5.74) is 7.61. The molecule has 25 heavy (non-hydrogen) atoms. The van der Waals surface area contributed by atoms with Gasteiger partial charge in [0.15, 0.2) is 0 Å². The molecule has 2 aromatic rings. The lowest BCUT2D eigenvalue weighted by Gasteiger charge is -2.32. The number of likely N-dealkylation sites (tertiary alicyclic amines) is 1. The highest BCUT2D eigenvalue weighted by atomic mass is 16.5. The molecule has 0 spiro atoms. The fourth-order valence-corrected chi connectivity index (χ4v) is 3.17. The first-order valence-electron chi connectivity index (χ1n) is 9.04. The Bertz CT molecular complexity index is 710. The molecule has 2 unspecified atom stereocenters. The first-order valence-corrected chi connectivity index (χ1v) is 9.04. The van der Waals surface area contributed by atoms with Crippen molar-refractivity contribution >= 4 is 5.91 Å². The molecule has 1 aromatic carbocycles. The predicted octanol–water partition coefficient (Wildman–Crippen LogP) is 2.95. The zero-order chi connectivity index (χ0) is 17.8. The van der Waals surface area contributed by atoms with Gasteiger partial charge in [-0.05, 0) is 24.8 Å². The van der Waals surface area contributed by atoms with Crippen LogP contribution >= 0.6 is 0 Å². The minimum atomic E-state index is 0.0676. The minimum absolute atomic E-state index is 0.0676. The molecule has 2 N–H and O–H groups in total. The van der Waals surface area contributed by atoms with Gasteiger partial charge in [0.25, 0.3) is 0 Å². The van der Waals surface area contributed by atoms with Crippen LogP contribution in [-0.2, 0) is 11.3 Å². The quantitative estimate of drug-likeness (QED) is 0.903. The van der Waals surface area contributed by atoms with Crippen LogP contribution in [0.2, 0.25) is 0 Å². The van der Waals surface area contributed by atoms with Gasteiger partial charge in [0.05, 0.1) is 5.92 Å². The summed E-state index contributed by atoms with van der Waals surface area (Å²) in [6.07, 6.45) is 2.80. The molecular weight excluding hydrogens is 316 g/mol. The number of hydrogen-bond acceptors (Lipinski definition) is 5. The zero-order valence-electron chi connectivity index (χ0n) is 14.9. The second-order valence-corrected chi connectivity index (χ2v) is 6.79. The van der Waals surface area contributed by atoms with Gasteiger partial charge < -0.3 is 15.2 Å². The summed E-state index contributed by atoms with van der Waals surface area (Å²) >= 11 is 0. The second-order valence-electron chi connectivity index (χ2n) is 6.79. The smallest absolute Gasteiger partial charge is 0.231 e. The number of carbonyl (C=O) groups is 1. The Morgan fingerprint density at radius 3 is 2.84 bits per heavy atom. The van der Waals surface area contributed by atoms with Crippen LogP contribution in [0.25, 0.3) is 11.4 Å². The third-order valence-electron chi connectivity index (χ3n) is 5.01. The van der Waals surface area contributed by atoms with Gasteiger partial charge in [-0.1, -0.05) is 43.3 Å². The standard InChI is InChI=1S/C19H26N4O2/c1-3-13(2)19(24)23-10-4-5-16(12-23)18-21-17(22-25-18)15-8-6-14(11-20)7-9-15/h6-9,13,16H,3-5,10-12,20H2,1-2H3. The summed E-state index contributed by atoms with van der Waals surface area (Å²) in [6, 6.07) is 7.85. The van der Waals surface area contributed by atoms with E-state index >= 15 is 0 Å². The van der Waals surface area contributed by atoms with Gasteiger partial charge in [-0.15, -0.1) is 0 Å². The Morgan fingerprint density at radius 1 is 1.40 bits per heavy atom. The molecule has 1 fully saturated rings. The van der Waals surface area contributed by atoms with E-state index in [1.54, 1.807) is 0 Å². The molecular formula is C19H26N4O2. The molecule has 6 heteroatoms. The maximum atomic E-state index is 12.4. The lowest BCUT2D eigenvalue weighted by Crippen LogP contribution is -2.41. The number of nitrogens with zero attached hydrogens (tertiary/aromatic N) is 3. The van der Waals surface area contributed by atoms with Crippen LogP contribution in [0.4, 0.5) is 0 Å². The van der Waals surface area contributed by atoms with E-state index in [0.717, 1.165) is 36.9 Å². The van der Waals surface area contributed by atoms with Gasteiger partial charge in [0, 0.05) is 31.1 Å². The van der Waals surface area contributed by atoms with Gasteiger partial charge in [0.2, 0.25) is 17.6 Å². The molecule has 0 saturated carbocycles. The van der Waals surface area contributed by atoms with Gasteiger partial charge in [0.1, 0.15) is 0 Å². The molecule has 134 valence electrons. The van der Waals surface area contributed by atoms with Crippen molar-refractivity contribution in [3.05, 3.63) is 35.7 Å². The molecule has 2 atom stereocenters. The van der Waals surface area contributed by atoms with E-state index in [1.807, 2.05) is 43.0 Å². The van der Waals surface area contributed by atoms with Crippen LogP contribution < -0.4 is 5.73 Å². The normalized spacial score (nSPS) is 19.0.